The lowest BCUT2D eigenvalue weighted by molar-refractivity contribution is 0.0928. The van der Waals surface area contributed by atoms with E-state index in [4.69, 9.17) is 5.11 Å². The molecule has 0 aliphatic heterocycles. The van der Waals surface area contributed by atoms with Gasteiger partial charge in [0.15, 0.2) is 0 Å². The predicted octanol–water partition coefficient (Wildman–Crippen LogP) is 1.05. The smallest absolute Gasteiger partial charge is 0.261 e. The van der Waals surface area contributed by atoms with Gasteiger partial charge in [0, 0.05) is 19.0 Å². The Morgan fingerprint density at radius 1 is 1.71 bits per heavy atom. The van der Waals surface area contributed by atoms with Gasteiger partial charge < -0.3 is 10.4 Å². The second kappa shape index (κ2) is 4.46. The van der Waals surface area contributed by atoms with E-state index in [9.17, 15) is 4.79 Å². The van der Waals surface area contributed by atoms with Crippen molar-refractivity contribution < 1.29 is 9.90 Å². The molecule has 0 radical (unpaired) electrons. The molecule has 1 amide bonds. The Morgan fingerprint density at radius 3 is 3.00 bits per heavy atom. The summed E-state index contributed by atoms with van der Waals surface area (Å²) in [7, 11) is 1.86. The Labute approximate surface area is 103 Å². The third-order valence-corrected chi connectivity index (χ3v) is 3.68. The first-order valence-electron chi connectivity index (χ1n) is 5.38. The summed E-state index contributed by atoms with van der Waals surface area (Å²) < 4.78 is 1.78. The van der Waals surface area contributed by atoms with Crippen molar-refractivity contribution in [3.63, 3.8) is 0 Å². The van der Waals surface area contributed by atoms with Crippen LogP contribution in [0.3, 0.4) is 0 Å². The third-order valence-electron chi connectivity index (χ3n) is 2.48. The first-order valence-corrected chi connectivity index (χ1v) is 6.20. The van der Waals surface area contributed by atoms with Crippen molar-refractivity contribution in [1.82, 2.24) is 15.1 Å². The molecule has 2 aromatic rings. The van der Waals surface area contributed by atoms with E-state index in [2.05, 4.69) is 10.4 Å². The highest BCUT2D eigenvalue weighted by molar-refractivity contribution is 7.20. The maximum atomic E-state index is 11.8. The number of hydrogen-bond acceptors (Lipinski definition) is 4. The van der Waals surface area contributed by atoms with Crippen molar-refractivity contribution in [3.8, 4) is 0 Å². The first-order chi connectivity index (χ1) is 7.99. The fourth-order valence-electron chi connectivity index (χ4n) is 1.64. The molecule has 2 aromatic heterocycles. The number of rotatable bonds is 3. The lowest BCUT2D eigenvalue weighted by Gasteiger charge is -2.04. The second-order valence-electron chi connectivity index (χ2n) is 4.10. The van der Waals surface area contributed by atoms with Crippen molar-refractivity contribution in [2.24, 2.45) is 7.05 Å². The van der Waals surface area contributed by atoms with Crippen LogP contribution in [-0.4, -0.2) is 33.4 Å². The van der Waals surface area contributed by atoms with Gasteiger partial charge in [-0.2, -0.15) is 5.10 Å². The lowest BCUT2D eigenvalue weighted by atomic mass is 10.3. The Bertz CT molecular complexity index is 522. The van der Waals surface area contributed by atoms with Gasteiger partial charge in [-0.3, -0.25) is 9.48 Å². The molecular weight excluding hydrogens is 238 g/mol. The van der Waals surface area contributed by atoms with E-state index in [1.807, 2.05) is 20.0 Å². The van der Waals surface area contributed by atoms with Crippen LogP contribution in [-0.2, 0) is 7.05 Å². The highest BCUT2D eigenvalue weighted by Crippen LogP contribution is 2.27. The van der Waals surface area contributed by atoms with Crippen molar-refractivity contribution in [1.29, 1.82) is 0 Å². The molecule has 0 unspecified atom stereocenters. The molecule has 0 aliphatic carbocycles. The molecule has 2 heterocycles. The molecule has 0 spiro atoms. The Hall–Kier alpha value is -1.40. The quantitative estimate of drug-likeness (QED) is 0.859. The topological polar surface area (TPSA) is 67.2 Å². The van der Waals surface area contributed by atoms with E-state index < -0.39 is 6.10 Å². The monoisotopic (exact) mass is 253 g/mol. The van der Waals surface area contributed by atoms with Gasteiger partial charge in [-0.05, 0) is 19.9 Å². The second-order valence-corrected chi connectivity index (χ2v) is 5.13. The molecule has 0 saturated carbocycles. The van der Waals surface area contributed by atoms with Crippen LogP contribution in [0, 0.1) is 6.92 Å². The van der Waals surface area contributed by atoms with Crippen molar-refractivity contribution >= 4 is 27.5 Å². The molecule has 92 valence electrons. The van der Waals surface area contributed by atoms with Crippen LogP contribution in [0.15, 0.2) is 6.07 Å². The van der Waals surface area contributed by atoms with Gasteiger partial charge >= 0.3 is 0 Å². The molecule has 0 saturated heterocycles. The van der Waals surface area contributed by atoms with Crippen LogP contribution >= 0.6 is 11.3 Å². The summed E-state index contributed by atoms with van der Waals surface area (Å²) in [5, 5.41) is 17.1. The van der Waals surface area contributed by atoms with E-state index in [1.54, 1.807) is 11.6 Å². The van der Waals surface area contributed by atoms with Crippen molar-refractivity contribution in [3.05, 3.63) is 16.6 Å². The maximum absolute atomic E-state index is 11.8. The molecule has 0 fully saturated rings. The maximum Gasteiger partial charge on any atom is 0.261 e. The number of aliphatic hydroxyl groups excluding tert-OH is 1. The van der Waals surface area contributed by atoms with Crippen molar-refractivity contribution in [2.75, 3.05) is 6.54 Å². The van der Waals surface area contributed by atoms with Crippen LogP contribution < -0.4 is 5.32 Å². The van der Waals surface area contributed by atoms with E-state index in [0.717, 1.165) is 15.9 Å². The van der Waals surface area contributed by atoms with Crippen LogP contribution in [0.5, 0.6) is 0 Å². The largest absolute Gasteiger partial charge is 0.392 e. The fraction of sp³-hybridized carbons (Fsp3) is 0.455. The third kappa shape index (κ3) is 2.32. The molecule has 6 heteroatoms. The number of thiophene rings is 1. The molecule has 0 bridgehead atoms. The van der Waals surface area contributed by atoms with E-state index >= 15 is 0 Å². The number of nitrogens with one attached hydrogen (secondary N) is 1. The molecule has 17 heavy (non-hydrogen) atoms. The Morgan fingerprint density at radius 2 is 2.41 bits per heavy atom. The first kappa shape index (κ1) is 12.1. The fourth-order valence-corrected chi connectivity index (χ4v) is 2.68. The minimum atomic E-state index is -0.531. The van der Waals surface area contributed by atoms with Gasteiger partial charge in [0.05, 0.1) is 16.7 Å². The number of amides is 1. The number of aromatic nitrogens is 2. The van der Waals surface area contributed by atoms with E-state index in [0.29, 0.717) is 4.88 Å². The zero-order valence-electron chi connectivity index (χ0n) is 10.0. The summed E-state index contributed by atoms with van der Waals surface area (Å²) in [5.41, 5.74) is 0.924. The van der Waals surface area contributed by atoms with Gasteiger partial charge in [-0.15, -0.1) is 11.3 Å². The zero-order chi connectivity index (χ0) is 12.6. The summed E-state index contributed by atoms with van der Waals surface area (Å²) in [5.74, 6) is -0.147. The van der Waals surface area contributed by atoms with Crippen LogP contribution in [0.1, 0.15) is 22.3 Å². The summed E-state index contributed by atoms with van der Waals surface area (Å²) >= 11 is 1.41. The molecule has 5 nitrogen and oxygen atoms in total. The standard InChI is InChI=1S/C11H15N3O2S/c1-6(15)5-12-10(16)9-4-8-7(2)13-14(3)11(8)17-9/h4,6,15H,5H2,1-3H3,(H,12,16)/t6-/m0/s1. The summed E-state index contributed by atoms with van der Waals surface area (Å²) in [4.78, 5) is 13.4. The number of carbonyl (C=O) groups excluding carboxylic acids is 1. The minimum Gasteiger partial charge on any atom is -0.392 e. The normalized spacial score (nSPS) is 12.9. The van der Waals surface area contributed by atoms with Crippen LogP contribution in [0.2, 0.25) is 0 Å². The Balaban J connectivity index is 2.24. The van der Waals surface area contributed by atoms with Gasteiger partial charge in [0.25, 0.3) is 5.91 Å². The highest BCUT2D eigenvalue weighted by Gasteiger charge is 2.14. The number of hydrogen-bond donors (Lipinski definition) is 2. The average molecular weight is 253 g/mol. The predicted molar refractivity (Wildman–Crippen MR) is 67.3 cm³/mol. The zero-order valence-corrected chi connectivity index (χ0v) is 10.8. The lowest BCUT2D eigenvalue weighted by Crippen LogP contribution is -2.29. The van der Waals surface area contributed by atoms with Gasteiger partial charge in [0.1, 0.15) is 4.83 Å². The molecule has 1 atom stereocenters. The van der Waals surface area contributed by atoms with E-state index in [1.165, 1.54) is 11.3 Å². The summed E-state index contributed by atoms with van der Waals surface area (Å²) in [6, 6.07) is 1.85. The summed E-state index contributed by atoms with van der Waals surface area (Å²) in [6.45, 7) is 3.83. The molecule has 2 rings (SSSR count). The Kier molecular flexibility index (Phi) is 3.17. The molecule has 0 aromatic carbocycles. The van der Waals surface area contributed by atoms with Gasteiger partial charge in [-0.25, -0.2) is 0 Å². The summed E-state index contributed by atoms with van der Waals surface area (Å²) in [6.07, 6.45) is -0.531. The highest BCUT2D eigenvalue weighted by atomic mass is 32.1. The number of aryl methyl sites for hydroxylation is 2. The van der Waals surface area contributed by atoms with Crippen LogP contribution in [0.25, 0.3) is 10.2 Å². The molecular formula is C11H15N3O2S. The van der Waals surface area contributed by atoms with Crippen LogP contribution in [0.4, 0.5) is 0 Å². The van der Waals surface area contributed by atoms with Gasteiger partial charge in [0.2, 0.25) is 0 Å². The SMILES string of the molecule is Cc1nn(C)c2sc(C(=O)NC[C@H](C)O)cc12. The molecule has 0 aliphatic rings. The van der Waals surface area contributed by atoms with Gasteiger partial charge in [-0.1, -0.05) is 0 Å². The van der Waals surface area contributed by atoms with E-state index in [-0.39, 0.29) is 12.5 Å². The number of nitrogens with zero attached hydrogens (tertiary/aromatic N) is 2. The molecule has 2 N–H and O–H groups in total. The average Bonchev–Trinajstić information content (AvgIpc) is 2.79. The number of carbonyl (C=O) groups is 1. The number of fused-ring (bicyclic) bond motifs is 1. The number of aliphatic hydroxyl groups is 1. The van der Waals surface area contributed by atoms with Crippen molar-refractivity contribution in [2.45, 2.75) is 20.0 Å². The minimum absolute atomic E-state index is 0.147.